The molecule has 0 aliphatic carbocycles. The third kappa shape index (κ3) is 4.40. The smallest absolute Gasteiger partial charge is 0.240 e. The van der Waals surface area contributed by atoms with E-state index in [4.69, 9.17) is 0 Å². The highest BCUT2D eigenvalue weighted by Gasteiger charge is 2.09. The molecule has 0 saturated carbocycles. The van der Waals surface area contributed by atoms with Crippen molar-refractivity contribution in [2.24, 2.45) is 0 Å². The van der Waals surface area contributed by atoms with Crippen molar-refractivity contribution in [2.45, 2.75) is 26.3 Å². The number of nitrogens with zero attached hydrogens (tertiary/aromatic N) is 2. The van der Waals surface area contributed by atoms with E-state index in [-0.39, 0.29) is 12.5 Å². The molecule has 20 heavy (non-hydrogen) atoms. The standard InChI is InChI=1S/C14H18N4OS/c1-10(2)13-17-18-14(20-13)16-12(19)9-15-8-11-6-4-3-5-7-11/h3-7,10,15H,8-9H2,1-2H3,(H,16,18,19). The number of hydrogen-bond donors (Lipinski definition) is 2. The van der Waals surface area contributed by atoms with Gasteiger partial charge in [-0.05, 0) is 5.56 Å². The van der Waals surface area contributed by atoms with Gasteiger partial charge in [-0.15, -0.1) is 10.2 Å². The maximum absolute atomic E-state index is 11.7. The van der Waals surface area contributed by atoms with Gasteiger partial charge >= 0.3 is 0 Å². The fourth-order valence-electron chi connectivity index (χ4n) is 1.60. The predicted molar refractivity (Wildman–Crippen MR) is 80.8 cm³/mol. The molecule has 0 unspecified atom stereocenters. The minimum atomic E-state index is -0.104. The molecule has 0 atom stereocenters. The van der Waals surface area contributed by atoms with Gasteiger partial charge in [0.25, 0.3) is 0 Å². The Morgan fingerprint density at radius 3 is 2.65 bits per heavy atom. The van der Waals surface area contributed by atoms with Crippen molar-refractivity contribution in [1.82, 2.24) is 15.5 Å². The van der Waals surface area contributed by atoms with Crippen LogP contribution in [0.15, 0.2) is 30.3 Å². The fraction of sp³-hybridized carbons (Fsp3) is 0.357. The van der Waals surface area contributed by atoms with Crippen LogP contribution in [0, 0.1) is 0 Å². The van der Waals surface area contributed by atoms with Crippen molar-refractivity contribution in [3.05, 3.63) is 40.9 Å². The number of carbonyl (C=O) groups excluding carboxylic acids is 1. The average molecular weight is 290 g/mol. The molecule has 0 spiro atoms. The molecule has 0 radical (unpaired) electrons. The number of anilines is 1. The van der Waals surface area contributed by atoms with Crippen molar-refractivity contribution in [1.29, 1.82) is 0 Å². The zero-order valence-corrected chi connectivity index (χ0v) is 12.4. The number of rotatable bonds is 6. The summed E-state index contributed by atoms with van der Waals surface area (Å²) in [6.45, 7) is 5.02. The lowest BCUT2D eigenvalue weighted by Crippen LogP contribution is -2.27. The maximum Gasteiger partial charge on any atom is 0.240 e. The van der Waals surface area contributed by atoms with Crippen LogP contribution in [0.3, 0.4) is 0 Å². The summed E-state index contributed by atoms with van der Waals surface area (Å²) in [5.41, 5.74) is 1.15. The Balaban J connectivity index is 1.75. The van der Waals surface area contributed by atoms with Crippen LogP contribution in [0.5, 0.6) is 0 Å². The normalized spacial score (nSPS) is 10.8. The number of benzene rings is 1. The quantitative estimate of drug-likeness (QED) is 0.857. The van der Waals surface area contributed by atoms with Crippen LogP contribution in [0.4, 0.5) is 5.13 Å². The van der Waals surface area contributed by atoms with E-state index in [1.807, 2.05) is 44.2 Å². The van der Waals surface area contributed by atoms with Crippen molar-refractivity contribution >= 4 is 22.4 Å². The number of carbonyl (C=O) groups is 1. The molecule has 6 heteroatoms. The van der Waals surface area contributed by atoms with Crippen LogP contribution in [0.1, 0.15) is 30.3 Å². The van der Waals surface area contributed by atoms with Crippen LogP contribution in [-0.2, 0) is 11.3 Å². The monoisotopic (exact) mass is 290 g/mol. The van der Waals surface area contributed by atoms with Gasteiger partial charge in [0.05, 0.1) is 6.54 Å². The summed E-state index contributed by atoms with van der Waals surface area (Å²) in [6.07, 6.45) is 0. The van der Waals surface area contributed by atoms with E-state index in [9.17, 15) is 4.79 Å². The lowest BCUT2D eigenvalue weighted by molar-refractivity contribution is -0.115. The highest BCUT2D eigenvalue weighted by atomic mass is 32.1. The fourth-order valence-corrected chi connectivity index (χ4v) is 2.36. The van der Waals surface area contributed by atoms with Gasteiger partial charge in [-0.3, -0.25) is 10.1 Å². The topological polar surface area (TPSA) is 66.9 Å². The molecular formula is C14H18N4OS. The third-order valence-corrected chi connectivity index (χ3v) is 3.78. The summed E-state index contributed by atoms with van der Waals surface area (Å²) < 4.78 is 0. The molecule has 2 rings (SSSR count). The van der Waals surface area contributed by atoms with Crippen LogP contribution >= 0.6 is 11.3 Å². The first-order chi connectivity index (χ1) is 9.65. The van der Waals surface area contributed by atoms with Crippen molar-refractivity contribution in [3.63, 3.8) is 0 Å². The second-order valence-electron chi connectivity index (χ2n) is 4.74. The second-order valence-corrected chi connectivity index (χ2v) is 5.75. The van der Waals surface area contributed by atoms with E-state index < -0.39 is 0 Å². The molecule has 2 N–H and O–H groups in total. The molecule has 1 aromatic heterocycles. The number of aromatic nitrogens is 2. The summed E-state index contributed by atoms with van der Waals surface area (Å²) in [5.74, 6) is 0.224. The molecular weight excluding hydrogens is 272 g/mol. The Kier molecular flexibility index (Phi) is 5.20. The lowest BCUT2D eigenvalue weighted by Gasteiger charge is -2.04. The molecule has 0 fully saturated rings. The van der Waals surface area contributed by atoms with Crippen LogP contribution < -0.4 is 10.6 Å². The zero-order chi connectivity index (χ0) is 14.4. The molecule has 1 aromatic carbocycles. The second kappa shape index (κ2) is 7.12. The highest BCUT2D eigenvalue weighted by Crippen LogP contribution is 2.22. The summed E-state index contributed by atoms with van der Waals surface area (Å²) >= 11 is 1.42. The number of hydrogen-bond acceptors (Lipinski definition) is 5. The minimum absolute atomic E-state index is 0.104. The van der Waals surface area contributed by atoms with E-state index in [0.29, 0.717) is 17.6 Å². The Bertz CT molecular complexity index is 553. The first-order valence-electron chi connectivity index (χ1n) is 6.53. The van der Waals surface area contributed by atoms with Gasteiger partial charge in [-0.2, -0.15) is 0 Å². The lowest BCUT2D eigenvalue weighted by atomic mass is 10.2. The molecule has 2 aromatic rings. The van der Waals surface area contributed by atoms with Gasteiger partial charge in [0.15, 0.2) is 0 Å². The SMILES string of the molecule is CC(C)c1nnc(NC(=O)CNCc2ccccc2)s1. The summed E-state index contributed by atoms with van der Waals surface area (Å²) in [6, 6.07) is 9.96. The zero-order valence-electron chi connectivity index (χ0n) is 11.6. The molecule has 0 aliphatic rings. The first-order valence-corrected chi connectivity index (χ1v) is 7.34. The van der Waals surface area contributed by atoms with E-state index in [0.717, 1.165) is 10.6 Å². The third-order valence-electron chi connectivity index (χ3n) is 2.64. The van der Waals surface area contributed by atoms with Gasteiger partial charge in [0, 0.05) is 12.5 Å². The molecule has 0 saturated heterocycles. The average Bonchev–Trinajstić information content (AvgIpc) is 2.88. The van der Waals surface area contributed by atoms with Gasteiger partial charge < -0.3 is 5.32 Å². The summed E-state index contributed by atoms with van der Waals surface area (Å²) in [4.78, 5) is 11.7. The number of amides is 1. The summed E-state index contributed by atoms with van der Waals surface area (Å²) in [7, 11) is 0. The van der Waals surface area contributed by atoms with E-state index >= 15 is 0 Å². The molecule has 5 nitrogen and oxygen atoms in total. The van der Waals surface area contributed by atoms with Gasteiger partial charge in [0.1, 0.15) is 5.01 Å². The highest BCUT2D eigenvalue weighted by molar-refractivity contribution is 7.15. The van der Waals surface area contributed by atoms with E-state index in [2.05, 4.69) is 20.8 Å². The molecule has 1 amide bonds. The summed E-state index contributed by atoms with van der Waals surface area (Å²) in [5, 5.41) is 15.3. The van der Waals surface area contributed by atoms with Gasteiger partial charge in [-0.1, -0.05) is 55.5 Å². The predicted octanol–water partition coefficient (Wildman–Crippen LogP) is 2.39. The van der Waals surface area contributed by atoms with Crippen LogP contribution in [0.25, 0.3) is 0 Å². The molecule has 0 bridgehead atoms. The molecule has 0 aliphatic heterocycles. The van der Waals surface area contributed by atoms with E-state index in [1.165, 1.54) is 11.3 Å². The first kappa shape index (κ1) is 14.6. The van der Waals surface area contributed by atoms with Crippen molar-refractivity contribution in [2.75, 3.05) is 11.9 Å². The maximum atomic E-state index is 11.7. The molecule has 106 valence electrons. The van der Waals surface area contributed by atoms with E-state index in [1.54, 1.807) is 0 Å². The van der Waals surface area contributed by atoms with Gasteiger partial charge in [-0.25, -0.2) is 0 Å². The Morgan fingerprint density at radius 1 is 1.25 bits per heavy atom. The molecule has 1 heterocycles. The number of nitrogens with one attached hydrogen (secondary N) is 2. The Labute approximate surface area is 122 Å². The van der Waals surface area contributed by atoms with Crippen LogP contribution in [0.2, 0.25) is 0 Å². The van der Waals surface area contributed by atoms with Gasteiger partial charge in [0.2, 0.25) is 11.0 Å². The van der Waals surface area contributed by atoms with Crippen molar-refractivity contribution in [3.8, 4) is 0 Å². The van der Waals surface area contributed by atoms with Crippen molar-refractivity contribution < 1.29 is 4.79 Å². The Hall–Kier alpha value is -1.79. The Morgan fingerprint density at radius 2 is 2.00 bits per heavy atom. The van der Waals surface area contributed by atoms with Crippen LogP contribution in [-0.4, -0.2) is 22.6 Å². The largest absolute Gasteiger partial charge is 0.304 e. The minimum Gasteiger partial charge on any atom is -0.304 e.